The summed E-state index contributed by atoms with van der Waals surface area (Å²) in [5.41, 5.74) is 1.46. The second-order valence-electron chi connectivity index (χ2n) is 8.07. The highest BCUT2D eigenvalue weighted by atomic mass is 32.2. The second-order valence-corrected chi connectivity index (χ2v) is 9.97. The molecule has 0 aliphatic carbocycles. The van der Waals surface area contributed by atoms with Gasteiger partial charge < -0.3 is 14.4 Å². The van der Waals surface area contributed by atoms with E-state index in [0.717, 1.165) is 9.87 Å². The van der Waals surface area contributed by atoms with Gasteiger partial charge in [0.2, 0.25) is 10.0 Å². The number of amides is 1. The lowest BCUT2D eigenvalue weighted by Gasteiger charge is -2.24. The Morgan fingerprint density at radius 2 is 1.83 bits per heavy atom. The van der Waals surface area contributed by atoms with Crippen LogP contribution in [0.1, 0.15) is 31.7 Å². The third kappa shape index (κ3) is 6.38. The number of esters is 1. The highest BCUT2D eigenvalue weighted by Gasteiger charge is 2.40. The van der Waals surface area contributed by atoms with Crippen LogP contribution in [0.25, 0.3) is 0 Å². The lowest BCUT2D eigenvalue weighted by Crippen LogP contribution is -2.43. The third-order valence-corrected chi connectivity index (χ3v) is 7.57. The highest BCUT2D eigenvalue weighted by molar-refractivity contribution is 7.89. The first kappa shape index (κ1) is 26.2. The SMILES string of the molecule is CCOc1ccc(N(CCC#N)C(=O)COC(=O)[C@@H]2CCCN2S(=O)(=O)c2ccc(C)cc2)cc1. The van der Waals surface area contributed by atoms with Crippen molar-refractivity contribution in [1.82, 2.24) is 4.31 Å². The number of nitriles is 1. The van der Waals surface area contributed by atoms with E-state index >= 15 is 0 Å². The molecule has 0 aromatic heterocycles. The summed E-state index contributed by atoms with van der Waals surface area (Å²) in [4.78, 5) is 27.2. The first-order valence-electron chi connectivity index (χ1n) is 11.4. The van der Waals surface area contributed by atoms with Gasteiger partial charge in [-0.05, 0) is 63.1 Å². The van der Waals surface area contributed by atoms with Crippen LogP contribution in [0.5, 0.6) is 5.75 Å². The van der Waals surface area contributed by atoms with Gasteiger partial charge in [-0.1, -0.05) is 17.7 Å². The monoisotopic (exact) mass is 499 g/mol. The van der Waals surface area contributed by atoms with Crippen molar-refractivity contribution in [3.05, 3.63) is 54.1 Å². The average molecular weight is 500 g/mol. The van der Waals surface area contributed by atoms with Gasteiger partial charge in [-0.15, -0.1) is 0 Å². The van der Waals surface area contributed by atoms with Crippen molar-refractivity contribution in [2.75, 3.05) is 31.2 Å². The highest BCUT2D eigenvalue weighted by Crippen LogP contribution is 2.27. The van der Waals surface area contributed by atoms with Crippen LogP contribution in [0.4, 0.5) is 5.69 Å². The number of hydrogen-bond acceptors (Lipinski definition) is 7. The van der Waals surface area contributed by atoms with Crippen LogP contribution in [-0.2, 0) is 24.3 Å². The topological polar surface area (TPSA) is 117 Å². The van der Waals surface area contributed by atoms with Crippen molar-refractivity contribution in [1.29, 1.82) is 5.26 Å². The normalized spacial score (nSPS) is 15.9. The van der Waals surface area contributed by atoms with E-state index in [1.54, 1.807) is 36.4 Å². The molecule has 9 nitrogen and oxygen atoms in total. The minimum Gasteiger partial charge on any atom is -0.494 e. The maximum Gasteiger partial charge on any atom is 0.324 e. The van der Waals surface area contributed by atoms with E-state index < -0.39 is 34.5 Å². The van der Waals surface area contributed by atoms with Gasteiger partial charge in [0, 0.05) is 18.8 Å². The molecular weight excluding hydrogens is 470 g/mol. The predicted octanol–water partition coefficient (Wildman–Crippen LogP) is 3.04. The molecular formula is C25H29N3O6S. The fourth-order valence-electron chi connectivity index (χ4n) is 3.86. The van der Waals surface area contributed by atoms with Crippen LogP contribution in [0.2, 0.25) is 0 Å². The molecule has 1 aliphatic heterocycles. The summed E-state index contributed by atoms with van der Waals surface area (Å²) >= 11 is 0. The third-order valence-electron chi connectivity index (χ3n) is 5.65. The molecule has 1 amide bonds. The minimum atomic E-state index is -3.88. The molecule has 35 heavy (non-hydrogen) atoms. The van der Waals surface area contributed by atoms with Gasteiger partial charge in [0.1, 0.15) is 11.8 Å². The van der Waals surface area contributed by atoms with Crippen molar-refractivity contribution in [2.24, 2.45) is 0 Å². The first-order valence-corrected chi connectivity index (χ1v) is 12.9. The maximum atomic E-state index is 13.1. The van der Waals surface area contributed by atoms with E-state index in [-0.39, 0.29) is 24.4 Å². The predicted molar refractivity (Wildman–Crippen MR) is 129 cm³/mol. The molecule has 1 saturated heterocycles. The molecule has 0 bridgehead atoms. The number of aryl methyl sites for hydroxylation is 1. The van der Waals surface area contributed by atoms with Crippen LogP contribution < -0.4 is 9.64 Å². The summed E-state index contributed by atoms with van der Waals surface area (Å²) < 4.78 is 38.0. The largest absolute Gasteiger partial charge is 0.494 e. The molecule has 0 spiro atoms. The fourth-order valence-corrected chi connectivity index (χ4v) is 5.51. The van der Waals surface area contributed by atoms with Crippen molar-refractivity contribution in [3.63, 3.8) is 0 Å². The Balaban J connectivity index is 1.68. The van der Waals surface area contributed by atoms with Crippen LogP contribution in [0, 0.1) is 18.3 Å². The Hall–Kier alpha value is -3.42. The lowest BCUT2D eigenvalue weighted by molar-refractivity contribution is -0.151. The number of sulfonamides is 1. The Bertz CT molecular complexity index is 1170. The Morgan fingerprint density at radius 3 is 2.46 bits per heavy atom. The molecule has 2 aromatic carbocycles. The van der Waals surface area contributed by atoms with Gasteiger partial charge in [-0.25, -0.2) is 8.42 Å². The Labute approximate surface area is 205 Å². The minimum absolute atomic E-state index is 0.0953. The molecule has 0 saturated carbocycles. The Kier molecular flexibility index (Phi) is 8.84. The van der Waals surface area contributed by atoms with Gasteiger partial charge in [-0.2, -0.15) is 9.57 Å². The van der Waals surface area contributed by atoms with Crippen molar-refractivity contribution in [2.45, 2.75) is 44.0 Å². The van der Waals surface area contributed by atoms with Crippen LogP contribution in [0.15, 0.2) is 53.4 Å². The van der Waals surface area contributed by atoms with Crippen molar-refractivity contribution in [3.8, 4) is 11.8 Å². The number of anilines is 1. The quantitative estimate of drug-likeness (QED) is 0.461. The number of nitrogens with zero attached hydrogens (tertiary/aromatic N) is 3. The summed E-state index contributed by atoms with van der Waals surface area (Å²) in [6, 6.07) is 14.2. The van der Waals surface area contributed by atoms with Gasteiger partial charge in [0.15, 0.2) is 6.61 Å². The van der Waals surface area contributed by atoms with Gasteiger partial charge in [0.25, 0.3) is 5.91 Å². The second kappa shape index (κ2) is 11.8. The molecule has 1 aliphatic rings. The molecule has 2 aromatic rings. The first-order chi connectivity index (χ1) is 16.8. The van der Waals surface area contributed by atoms with Gasteiger partial charge >= 0.3 is 5.97 Å². The summed E-state index contributed by atoms with van der Waals surface area (Å²) in [5, 5.41) is 8.98. The molecule has 0 N–H and O–H groups in total. The van der Waals surface area contributed by atoms with Crippen LogP contribution >= 0.6 is 0 Å². The number of carbonyl (C=O) groups is 2. The van der Waals surface area contributed by atoms with E-state index in [0.29, 0.717) is 30.9 Å². The van der Waals surface area contributed by atoms with E-state index in [2.05, 4.69) is 0 Å². The zero-order valence-corrected chi connectivity index (χ0v) is 20.7. The zero-order chi connectivity index (χ0) is 25.4. The number of hydrogen-bond donors (Lipinski definition) is 0. The maximum absolute atomic E-state index is 13.1. The zero-order valence-electron chi connectivity index (χ0n) is 19.8. The van der Waals surface area contributed by atoms with Crippen LogP contribution in [-0.4, -0.2) is 56.9 Å². The molecule has 0 unspecified atom stereocenters. The number of carbonyl (C=O) groups excluding carboxylic acids is 2. The lowest BCUT2D eigenvalue weighted by atomic mass is 10.2. The smallest absolute Gasteiger partial charge is 0.324 e. The number of benzene rings is 2. The van der Waals surface area contributed by atoms with E-state index in [4.69, 9.17) is 14.7 Å². The molecule has 1 fully saturated rings. The van der Waals surface area contributed by atoms with Gasteiger partial charge in [-0.3, -0.25) is 9.59 Å². The van der Waals surface area contributed by atoms with Crippen LogP contribution in [0.3, 0.4) is 0 Å². The molecule has 0 radical (unpaired) electrons. The molecule has 1 heterocycles. The average Bonchev–Trinajstić information content (AvgIpc) is 3.35. The van der Waals surface area contributed by atoms with E-state index in [1.165, 1.54) is 17.0 Å². The summed E-state index contributed by atoms with van der Waals surface area (Å²) in [5.74, 6) is -0.631. The van der Waals surface area contributed by atoms with Crippen molar-refractivity contribution >= 4 is 27.6 Å². The van der Waals surface area contributed by atoms with Crippen molar-refractivity contribution < 1.29 is 27.5 Å². The summed E-state index contributed by atoms with van der Waals surface area (Å²) in [6.07, 6.45) is 0.923. The number of ether oxygens (including phenoxy) is 2. The number of rotatable bonds is 10. The van der Waals surface area contributed by atoms with E-state index in [1.807, 2.05) is 19.9 Å². The molecule has 1 atom stereocenters. The summed E-state index contributed by atoms with van der Waals surface area (Å²) in [6.45, 7) is 3.98. The Morgan fingerprint density at radius 1 is 1.14 bits per heavy atom. The fraction of sp³-hybridized carbons (Fsp3) is 0.400. The standard InChI is InChI=1S/C25H29N3O6S/c1-3-33-21-11-9-20(10-12-21)27(16-5-15-26)24(29)18-34-25(30)23-6-4-17-28(23)35(31,32)22-13-7-19(2)8-14-22/h7-14,23H,3-6,16-18H2,1-2H3/t23-/m0/s1. The molecule has 3 rings (SSSR count). The molecule has 186 valence electrons. The van der Waals surface area contributed by atoms with Gasteiger partial charge in [0.05, 0.1) is 24.0 Å². The van der Waals surface area contributed by atoms with E-state index in [9.17, 15) is 18.0 Å². The molecule has 10 heteroatoms. The summed E-state index contributed by atoms with van der Waals surface area (Å²) in [7, 11) is -3.88.